The third-order valence-corrected chi connectivity index (χ3v) is 3.05. The molecule has 0 fully saturated rings. The van der Waals surface area contributed by atoms with E-state index in [1.54, 1.807) is 25.1 Å². The molecule has 17 heavy (non-hydrogen) atoms. The molecule has 0 bridgehead atoms. The number of hydrogen-bond acceptors (Lipinski definition) is 3. The molecule has 2 rings (SSSR count). The van der Waals surface area contributed by atoms with Crippen LogP contribution in [0.4, 0.5) is 0 Å². The Morgan fingerprint density at radius 3 is 2.71 bits per heavy atom. The van der Waals surface area contributed by atoms with Crippen molar-refractivity contribution >= 4 is 39.5 Å². The normalized spacial score (nSPS) is 10.4. The van der Waals surface area contributed by atoms with Crippen molar-refractivity contribution in [2.75, 3.05) is 0 Å². The summed E-state index contributed by atoms with van der Waals surface area (Å²) in [5.41, 5.74) is 1.20. The van der Waals surface area contributed by atoms with E-state index in [1.807, 2.05) is 13.8 Å². The van der Waals surface area contributed by atoms with E-state index in [-0.39, 0.29) is 5.43 Å². The molecule has 0 saturated heterocycles. The zero-order valence-corrected chi connectivity index (χ0v) is 13.1. The zero-order valence-electron chi connectivity index (χ0n) is 9.91. The highest BCUT2D eigenvalue weighted by atomic mass is 127. The number of fused-ring (bicyclic) bond motifs is 1. The Labute approximate surface area is 115 Å². The van der Waals surface area contributed by atoms with Crippen molar-refractivity contribution in [3.63, 3.8) is 0 Å². The number of benzene rings is 1. The van der Waals surface area contributed by atoms with Crippen LogP contribution >= 0.6 is 28.5 Å². The SMILES string of the molecule is CC.Cc1coc2cc(OPI)ccc2c1=O. The average molecular weight is 364 g/mol. The first-order valence-corrected chi connectivity index (χ1v) is 9.29. The van der Waals surface area contributed by atoms with Gasteiger partial charge in [0.2, 0.25) is 0 Å². The van der Waals surface area contributed by atoms with Crippen LogP contribution in [0.5, 0.6) is 5.75 Å². The molecule has 1 aromatic carbocycles. The Bertz CT molecular complexity index is 551. The molecule has 0 radical (unpaired) electrons. The third kappa shape index (κ3) is 3.42. The number of rotatable bonds is 2. The van der Waals surface area contributed by atoms with Gasteiger partial charge in [0.1, 0.15) is 17.8 Å². The number of hydrogen-bond donors (Lipinski definition) is 0. The van der Waals surface area contributed by atoms with Gasteiger partial charge in [0.25, 0.3) is 0 Å². The van der Waals surface area contributed by atoms with Gasteiger partial charge in [0.05, 0.1) is 11.6 Å². The monoisotopic (exact) mass is 364 g/mol. The van der Waals surface area contributed by atoms with Crippen molar-refractivity contribution < 1.29 is 8.94 Å². The minimum absolute atomic E-state index is 0.0136. The van der Waals surface area contributed by atoms with Crippen molar-refractivity contribution in [3.05, 3.63) is 40.2 Å². The van der Waals surface area contributed by atoms with Crippen molar-refractivity contribution in [3.8, 4) is 5.75 Å². The lowest BCUT2D eigenvalue weighted by Crippen LogP contribution is -2.03. The maximum absolute atomic E-state index is 11.7. The van der Waals surface area contributed by atoms with Crippen molar-refractivity contribution in [2.45, 2.75) is 20.8 Å². The molecule has 0 aliphatic heterocycles. The van der Waals surface area contributed by atoms with Crippen LogP contribution in [0.15, 0.2) is 33.7 Å². The van der Waals surface area contributed by atoms with E-state index in [0.29, 0.717) is 23.0 Å². The average Bonchev–Trinajstić information content (AvgIpc) is 2.37. The summed E-state index contributed by atoms with van der Waals surface area (Å²) >= 11 is 2.14. The van der Waals surface area contributed by atoms with Crippen LogP contribution in [0.1, 0.15) is 19.4 Å². The highest BCUT2D eigenvalue weighted by Gasteiger charge is 2.04. The van der Waals surface area contributed by atoms with Crippen LogP contribution in [0.3, 0.4) is 0 Å². The summed E-state index contributed by atoms with van der Waals surface area (Å²) < 4.78 is 10.7. The van der Waals surface area contributed by atoms with Gasteiger partial charge in [-0.2, -0.15) is 0 Å². The molecule has 5 heteroatoms. The van der Waals surface area contributed by atoms with Gasteiger partial charge in [0, 0.05) is 11.6 Å². The molecular weight excluding hydrogens is 350 g/mol. The van der Waals surface area contributed by atoms with E-state index >= 15 is 0 Å². The number of aryl methyl sites for hydroxylation is 1. The molecule has 92 valence electrons. The first-order chi connectivity index (χ1) is 8.22. The molecule has 0 aliphatic rings. The Kier molecular flexibility index (Phi) is 5.92. The standard InChI is InChI=1S/C10H8IO3P.C2H6/c1-6-5-13-9-4-7(14-15-11)2-3-8(9)10(6)12;1-2/h2-5,15H,1H3;1-2H3. The smallest absolute Gasteiger partial charge is 0.195 e. The van der Waals surface area contributed by atoms with Gasteiger partial charge in [-0.3, -0.25) is 4.79 Å². The third-order valence-electron chi connectivity index (χ3n) is 2.07. The fourth-order valence-corrected chi connectivity index (χ4v) is 2.29. The topological polar surface area (TPSA) is 39.4 Å². The Morgan fingerprint density at radius 2 is 2.06 bits per heavy atom. The molecule has 2 aromatic rings. The maximum Gasteiger partial charge on any atom is 0.195 e. The quantitative estimate of drug-likeness (QED) is 0.584. The van der Waals surface area contributed by atoms with Crippen molar-refractivity contribution in [1.29, 1.82) is 0 Å². The largest absolute Gasteiger partial charge is 0.467 e. The van der Waals surface area contributed by atoms with Gasteiger partial charge < -0.3 is 8.94 Å². The highest BCUT2D eigenvalue weighted by Crippen LogP contribution is 2.28. The van der Waals surface area contributed by atoms with Crippen LogP contribution in [-0.4, -0.2) is 0 Å². The lowest BCUT2D eigenvalue weighted by molar-refractivity contribution is 0.590. The summed E-state index contributed by atoms with van der Waals surface area (Å²) in [6, 6.07) is 5.26. The fraction of sp³-hybridized carbons (Fsp3) is 0.250. The number of halogens is 1. The first kappa shape index (κ1) is 14.5. The van der Waals surface area contributed by atoms with Crippen LogP contribution in [0, 0.1) is 6.92 Å². The van der Waals surface area contributed by atoms with Crippen molar-refractivity contribution in [2.24, 2.45) is 0 Å². The van der Waals surface area contributed by atoms with Crippen molar-refractivity contribution in [1.82, 2.24) is 0 Å². The van der Waals surface area contributed by atoms with E-state index in [0.717, 1.165) is 5.75 Å². The summed E-state index contributed by atoms with van der Waals surface area (Å²) in [6.07, 6.45) is 1.47. The molecule has 1 aromatic heterocycles. The minimum Gasteiger partial charge on any atom is -0.467 e. The molecule has 1 unspecified atom stereocenters. The molecule has 0 saturated carbocycles. The van der Waals surface area contributed by atoms with E-state index in [4.69, 9.17) is 8.94 Å². The highest BCUT2D eigenvalue weighted by molar-refractivity contribution is 14.2. The molecule has 0 N–H and O–H groups in total. The van der Waals surface area contributed by atoms with E-state index in [2.05, 4.69) is 22.0 Å². The van der Waals surface area contributed by atoms with E-state index in [9.17, 15) is 4.79 Å². The first-order valence-electron chi connectivity index (χ1n) is 5.27. The molecule has 1 atom stereocenters. The summed E-state index contributed by atoms with van der Waals surface area (Å²) in [4.78, 5) is 11.7. The van der Waals surface area contributed by atoms with Crippen LogP contribution in [0.2, 0.25) is 0 Å². The Hall–Kier alpha value is -0.610. The maximum atomic E-state index is 11.7. The van der Waals surface area contributed by atoms with Crippen LogP contribution in [0.25, 0.3) is 11.0 Å². The Balaban J connectivity index is 0.000000686. The summed E-state index contributed by atoms with van der Waals surface area (Å²) in [6.45, 7) is 6.09. The van der Waals surface area contributed by atoms with Gasteiger partial charge in [-0.15, -0.1) is 0 Å². The second kappa shape index (κ2) is 6.97. The molecule has 1 heterocycles. The molecule has 0 aliphatic carbocycles. The lowest BCUT2D eigenvalue weighted by atomic mass is 10.2. The second-order valence-corrected chi connectivity index (χ2v) is 4.76. The lowest BCUT2D eigenvalue weighted by Gasteiger charge is -2.02. The second-order valence-electron chi connectivity index (χ2n) is 3.09. The summed E-state index contributed by atoms with van der Waals surface area (Å²) in [7, 11) is 0. The predicted octanol–water partition coefficient (Wildman–Crippen LogP) is 4.45. The minimum atomic E-state index is 0.0136. The van der Waals surface area contributed by atoms with Crippen LogP contribution < -0.4 is 9.95 Å². The molecule has 0 spiro atoms. The summed E-state index contributed by atoms with van der Waals surface area (Å²) in [5.74, 6) is 0.724. The summed E-state index contributed by atoms with van der Waals surface area (Å²) in [5, 5.41) is 0.596. The van der Waals surface area contributed by atoms with E-state index < -0.39 is 0 Å². The van der Waals surface area contributed by atoms with E-state index in [1.165, 1.54) is 6.26 Å². The molecular formula is C12H14IO3P. The van der Waals surface area contributed by atoms with Gasteiger partial charge in [-0.1, -0.05) is 13.8 Å². The van der Waals surface area contributed by atoms with Gasteiger partial charge >= 0.3 is 0 Å². The van der Waals surface area contributed by atoms with Gasteiger partial charge in [0.15, 0.2) is 5.43 Å². The molecule has 0 amide bonds. The van der Waals surface area contributed by atoms with Gasteiger partial charge in [-0.25, -0.2) is 0 Å². The Morgan fingerprint density at radius 1 is 1.35 bits per heavy atom. The predicted molar refractivity (Wildman–Crippen MR) is 81.5 cm³/mol. The zero-order chi connectivity index (χ0) is 12.8. The van der Waals surface area contributed by atoms with Gasteiger partial charge in [-0.05, 0) is 41.1 Å². The van der Waals surface area contributed by atoms with Crippen LogP contribution in [-0.2, 0) is 0 Å². The molecule has 3 nitrogen and oxygen atoms in total. The fourth-order valence-electron chi connectivity index (χ4n) is 1.31.